The van der Waals surface area contributed by atoms with Gasteiger partial charge in [0.15, 0.2) is 0 Å². The van der Waals surface area contributed by atoms with E-state index in [1.54, 1.807) is 23.0 Å². The second kappa shape index (κ2) is 7.12. The number of hydrogen-bond acceptors (Lipinski definition) is 3. The Hall–Kier alpha value is -2.58. The number of rotatable bonds is 4. The lowest BCUT2D eigenvalue weighted by atomic mass is 10.1. The van der Waals surface area contributed by atoms with Crippen molar-refractivity contribution >= 4 is 5.91 Å². The first kappa shape index (κ1) is 13.8. The Labute approximate surface area is 117 Å². The predicted molar refractivity (Wildman–Crippen MR) is 76.9 cm³/mol. The fraction of sp³-hybridized carbons (Fsp3) is 0.200. The molecule has 0 bridgehead atoms. The maximum absolute atomic E-state index is 11.9. The molecule has 2 rings (SSSR count). The molecule has 0 aliphatic carbocycles. The van der Waals surface area contributed by atoms with E-state index >= 15 is 0 Å². The molecule has 1 amide bonds. The average Bonchev–Trinajstić information content (AvgIpc) is 2.99. The lowest BCUT2D eigenvalue weighted by molar-refractivity contribution is 0.0952. The molecule has 0 aliphatic heterocycles. The Kier molecular flexibility index (Phi) is 4.93. The average molecular weight is 268 g/mol. The Morgan fingerprint density at radius 3 is 2.80 bits per heavy atom. The molecule has 1 aromatic carbocycles. The molecule has 0 saturated carbocycles. The second-order valence-electron chi connectivity index (χ2n) is 4.11. The number of aromatic nitrogens is 2. The molecule has 0 atom stereocenters. The number of amides is 1. The molecule has 1 aromatic heterocycles. The van der Waals surface area contributed by atoms with E-state index in [2.05, 4.69) is 22.3 Å². The summed E-state index contributed by atoms with van der Waals surface area (Å²) in [7, 11) is 0. The van der Waals surface area contributed by atoms with Gasteiger partial charge < -0.3 is 11.1 Å². The minimum atomic E-state index is -0.101. The van der Waals surface area contributed by atoms with E-state index in [-0.39, 0.29) is 5.91 Å². The van der Waals surface area contributed by atoms with Gasteiger partial charge in [0, 0.05) is 30.1 Å². The first-order valence-corrected chi connectivity index (χ1v) is 6.34. The molecular weight excluding hydrogens is 252 g/mol. The zero-order chi connectivity index (χ0) is 14.2. The van der Waals surface area contributed by atoms with Gasteiger partial charge in [-0.1, -0.05) is 11.8 Å². The molecule has 5 nitrogen and oxygen atoms in total. The highest BCUT2D eigenvalue weighted by molar-refractivity contribution is 5.94. The fourth-order valence-corrected chi connectivity index (χ4v) is 1.68. The van der Waals surface area contributed by atoms with Gasteiger partial charge in [-0.3, -0.25) is 9.48 Å². The summed E-state index contributed by atoms with van der Waals surface area (Å²) in [5.41, 5.74) is 6.77. The van der Waals surface area contributed by atoms with Crippen LogP contribution >= 0.6 is 0 Å². The maximum atomic E-state index is 11.9. The quantitative estimate of drug-likeness (QED) is 0.799. The summed E-state index contributed by atoms with van der Waals surface area (Å²) in [5, 5.41) is 6.91. The van der Waals surface area contributed by atoms with E-state index in [0.29, 0.717) is 25.2 Å². The van der Waals surface area contributed by atoms with Crippen molar-refractivity contribution in [2.75, 3.05) is 13.1 Å². The van der Waals surface area contributed by atoms with Crippen LogP contribution in [0.3, 0.4) is 0 Å². The van der Waals surface area contributed by atoms with Gasteiger partial charge in [0.2, 0.25) is 0 Å². The molecule has 0 aliphatic rings. The molecule has 0 fully saturated rings. The first-order chi connectivity index (χ1) is 9.79. The van der Waals surface area contributed by atoms with Gasteiger partial charge in [0.05, 0.1) is 13.1 Å². The molecule has 2 aromatic rings. The van der Waals surface area contributed by atoms with E-state index in [1.807, 2.05) is 24.4 Å². The summed E-state index contributed by atoms with van der Waals surface area (Å²) in [5.74, 6) is 5.58. The summed E-state index contributed by atoms with van der Waals surface area (Å²) in [6.07, 6.45) is 3.57. The van der Waals surface area contributed by atoms with E-state index < -0.39 is 0 Å². The zero-order valence-electron chi connectivity index (χ0n) is 11.0. The maximum Gasteiger partial charge on any atom is 0.251 e. The Bertz CT molecular complexity index is 606. The van der Waals surface area contributed by atoms with E-state index in [0.717, 1.165) is 5.56 Å². The van der Waals surface area contributed by atoms with Crippen LogP contribution in [0.2, 0.25) is 0 Å². The highest BCUT2D eigenvalue weighted by Gasteiger charge is 2.04. The monoisotopic (exact) mass is 268 g/mol. The lowest BCUT2D eigenvalue weighted by Gasteiger charge is -2.05. The highest BCUT2D eigenvalue weighted by Crippen LogP contribution is 2.03. The van der Waals surface area contributed by atoms with E-state index in [9.17, 15) is 4.79 Å². The van der Waals surface area contributed by atoms with Crippen molar-refractivity contribution in [2.24, 2.45) is 5.73 Å². The third-order valence-electron chi connectivity index (χ3n) is 2.67. The van der Waals surface area contributed by atoms with Crippen molar-refractivity contribution in [3.8, 4) is 11.8 Å². The van der Waals surface area contributed by atoms with Crippen LogP contribution < -0.4 is 11.1 Å². The molecule has 0 unspecified atom stereocenters. The molecule has 0 spiro atoms. The molecule has 3 N–H and O–H groups in total. The lowest BCUT2D eigenvalue weighted by Crippen LogP contribution is -2.27. The van der Waals surface area contributed by atoms with Crippen molar-refractivity contribution in [3.63, 3.8) is 0 Å². The number of nitrogens with two attached hydrogens (primary N) is 1. The number of carbonyl (C=O) groups excluding carboxylic acids is 1. The van der Waals surface area contributed by atoms with Crippen molar-refractivity contribution in [2.45, 2.75) is 6.54 Å². The topological polar surface area (TPSA) is 72.9 Å². The number of nitrogens with one attached hydrogen (secondary N) is 1. The molecule has 102 valence electrons. The van der Waals surface area contributed by atoms with Crippen LogP contribution in [0.1, 0.15) is 15.9 Å². The van der Waals surface area contributed by atoms with Crippen molar-refractivity contribution in [1.82, 2.24) is 15.1 Å². The van der Waals surface area contributed by atoms with Gasteiger partial charge in [-0.05, 0) is 30.3 Å². The van der Waals surface area contributed by atoms with Crippen LogP contribution in [-0.4, -0.2) is 28.8 Å². The summed E-state index contributed by atoms with van der Waals surface area (Å²) in [4.78, 5) is 11.9. The fourth-order valence-electron chi connectivity index (χ4n) is 1.68. The minimum absolute atomic E-state index is 0.101. The molecule has 5 heteroatoms. The molecule has 0 saturated heterocycles. The van der Waals surface area contributed by atoms with Crippen LogP contribution in [0, 0.1) is 11.8 Å². The van der Waals surface area contributed by atoms with Crippen molar-refractivity contribution in [3.05, 3.63) is 53.9 Å². The smallest absolute Gasteiger partial charge is 0.251 e. The summed E-state index contributed by atoms with van der Waals surface area (Å²) in [6.45, 7) is 1.52. The van der Waals surface area contributed by atoms with Crippen LogP contribution in [0.25, 0.3) is 0 Å². The highest BCUT2D eigenvalue weighted by atomic mass is 16.1. The van der Waals surface area contributed by atoms with Gasteiger partial charge in [0.1, 0.15) is 0 Å². The summed E-state index contributed by atoms with van der Waals surface area (Å²) < 4.78 is 1.77. The van der Waals surface area contributed by atoms with Crippen LogP contribution in [-0.2, 0) is 6.54 Å². The predicted octanol–water partition coefficient (Wildman–Crippen LogP) is 0.623. The summed E-state index contributed by atoms with van der Waals surface area (Å²) >= 11 is 0. The number of hydrogen-bond donors (Lipinski definition) is 2. The van der Waals surface area contributed by atoms with Crippen LogP contribution in [0.15, 0.2) is 42.7 Å². The second-order valence-corrected chi connectivity index (χ2v) is 4.11. The standard InChI is InChI=1S/C15H16N4O/c16-8-1-3-13-4-6-14(7-5-13)15(20)17-10-12-19-11-2-9-18-19/h2,4-7,9,11H,8,10,12,16H2,(H,17,20). The van der Waals surface area contributed by atoms with Gasteiger partial charge >= 0.3 is 0 Å². The van der Waals surface area contributed by atoms with Crippen molar-refractivity contribution in [1.29, 1.82) is 0 Å². The molecule has 20 heavy (non-hydrogen) atoms. The zero-order valence-corrected chi connectivity index (χ0v) is 11.0. The summed E-state index contributed by atoms with van der Waals surface area (Å²) in [6, 6.07) is 8.98. The Morgan fingerprint density at radius 1 is 1.35 bits per heavy atom. The number of nitrogens with zero attached hydrogens (tertiary/aromatic N) is 2. The van der Waals surface area contributed by atoms with E-state index in [1.165, 1.54) is 0 Å². The number of carbonyl (C=O) groups is 1. The van der Waals surface area contributed by atoms with Gasteiger partial charge in [-0.25, -0.2) is 0 Å². The van der Waals surface area contributed by atoms with Crippen molar-refractivity contribution < 1.29 is 4.79 Å². The minimum Gasteiger partial charge on any atom is -0.350 e. The third-order valence-corrected chi connectivity index (χ3v) is 2.67. The van der Waals surface area contributed by atoms with Gasteiger partial charge in [-0.15, -0.1) is 0 Å². The molecule has 1 heterocycles. The van der Waals surface area contributed by atoms with Crippen LogP contribution in [0.4, 0.5) is 0 Å². The largest absolute Gasteiger partial charge is 0.350 e. The van der Waals surface area contributed by atoms with Gasteiger partial charge in [0.25, 0.3) is 5.91 Å². The Balaban J connectivity index is 1.85. The SMILES string of the molecule is NCC#Cc1ccc(C(=O)NCCn2cccn2)cc1. The van der Waals surface area contributed by atoms with E-state index in [4.69, 9.17) is 5.73 Å². The molecular formula is C15H16N4O. The first-order valence-electron chi connectivity index (χ1n) is 6.34. The third kappa shape index (κ3) is 3.97. The number of benzene rings is 1. The van der Waals surface area contributed by atoms with Crippen LogP contribution in [0.5, 0.6) is 0 Å². The molecule has 0 radical (unpaired) electrons. The van der Waals surface area contributed by atoms with Gasteiger partial charge in [-0.2, -0.15) is 5.10 Å². The normalized spacial score (nSPS) is 9.65. The Morgan fingerprint density at radius 2 is 2.15 bits per heavy atom.